The second-order valence-corrected chi connectivity index (χ2v) is 3.65. The minimum Gasteiger partial charge on any atom is -0.485 e. The van der Waals surface area contributed by atoms with Crippen molar-refractivity contribution in [2.75, 3.05) is 0 Å². The molecule has 1 rings (SSSR count). The fourth-order valence-corrected chi connectivity index (χ4v) is 0.897. The normalized spacial score (nSPS) is 11.4. The van der Waals surface area contributed by atoms with Gasteiger partial charge in [0, 0.05) is 0 Å². The van der Waals surface area contributed by atoms with Gasteiger partial charge in [-0.15, -0.1) is 0 Å². The Labute approximate surface area is 78.5 Å². The van der Waals surface area contributed by atoms with Crippen LogP contribution < -0.4 is 4.74 Å². The van der Waals surface area contributed by atoms with Crippen LogP contribution in [-0.2, 0) is 0 Å². The van der Waals surface area contributed by atoms with Crippen molar-refractivity contribution in [1.29, 1.82) is 0 Å². The van der Waals surface area contributed by atoms with Gasteiger partial charge < -0.3 is 4.74 Å². The quantitative estimate of drug-likeness (QED) is 0.696. The summed E-state index contributed by atoms with van der Waals surface area (Å²) in [6, 6.07) is 6.47. The zero-order valence-corrected chi connectivity index (χ0v) is 8.30. The summed E-state index contributed by atoms with van der Waals surface area (Å²) in [5.74, 6) is 0.0263. The summed E-state index contributed by atoms with van der Waals surface area (Å²) in [5.41, 5.74) is -0.303. The summed E-state index contributed by atoms with van der Waals surface area (Å²) in [4.78, 5) is 0. The molecule has 0 bridgehead atoms. The summed E-state index contributed by atoms with van der Waals surface area (Å²) in [6.45, 7) is 5.90. The zero-order valence-electron chi connectivity index (χ0n) is 8.30. The van der Waals surface area contributed by atoms with Crippen LogP contribution in [0.15, 0.2) is 24.3 Å². The minimum atomic E-state index is -0.303. The Morgan fingerprint density at radius 2 is 1.92 bits per heavy atom. The molecule has 0 aromatic heterocycles. The van der Waals surface area contributed by atoms with E-state index in [4.69, 9.17) is 4.74 Å². The zero-order chi connectivity index (χ0) is 9.90. The first-order valence-electron chi connectivity index (χ1n) is 4.49. The lowest BCUT2D eigenvalue weighted by Crippen LogP contribution is -2.27. The maximum atomic E-state index is 13.1. The molecule has 72 valence electrons. The summed E-state index contributed by atoms with van der Waals surface area (Å²) >= 11 is 0. The van der Waals surface area contributed by atoms with Crippen LogP contribution in [0.3, 0.4) is 0 Å². The van der Waals surface area contributed by atoms with Crippen LogP contribution in [0, 0.1) is 5.82 Å². The van der Waals surface area contributed by atoms with E-state index in [0.29, 0.717) is 5.75 Å². The Morgan fingerprint density at radius 3 is 2.46 bits per heavy atom. The highest BCUT2D eigenvalue weighted by molar-refractivity contribution is 5.24. The number of hydrogen-bond acceptors (Lipinski definition) is 1. The lowest BCUT2D eigenvalue weighted by Gasteiger charge is -2.24. The van der Waals surface area contributed by atoms with Crippen molar-refractivity contribution in [3.05, 3.63) is 30.1 Å². The molecule has 1 aromatic rings. The van der Waals surface area contributed by atoms with Crippen LogP contribution in [-0.4, -0.2) is 5.60 Å². The molecule has 1 nitrogen and oxygen atoms in total. The topological polar surface area (TPSA) is 9.23 Å². The molecule has 1 aromatic carbocycles. The summed E-state index contributed by atoms with van der Waals surface area (Å²) in [7, 11) is 0. The first-order valence-corrected chi connectivity index (χ1v) is 4.49. The highest BCUT2D eigenvalue weighted by Gasteiger charge is 2.18. The molecule has 0 N–H and O–H groups in total. The van der Waals surface area contributed by atoms with Crippen molar-refractivity contribution in [3.63, 3.8) is 0 Å². The molecule has 13 heavy (non-hydrogen) atoms. The van der Waals surface area contributed by atoms with Crippen LogP contribution in [0.25, 0.3) is 0 Å². The van der Waals surface area contributed by atoms with Gasteiger partial charge in [-0.3, -0.25) is 0 Å². The Hall–Kier alpha value is -1.05. The second-order valence-electron chi connectivity index (χ2n) is 3.65. The fraction of sp³-hybridized carbons (Fsp3) is 0.455. The summed E-state index contributed by atoms with van der Waals surface area (Å²) in [6.07, 6.45) is 0.849. The van der Waals surface area contributed by atoms with Gasteiger partial charge in [0.1, 0.15) is 5.60 Å². The van der Waals surface area contributed by atoms with Gasteiger partial charge in [0.2, 0.25) is 0 Å². The van der Waals surface area contributed by atoms with E-state index >= 15 is 0 Å². The summed E-state index contributed by atoms with van der Waals surface area (Å²) < 4.78 is 18.6. The van der Waals surface area contributed by atoms with E-state index in [9.17, 15) is 4.39 Å². The lowest BCUT2D eigenvalue weighted by molar-refractivity contribution is 0.0995. The molecule has 0 aliphatic carbocycles. The van der Waals surface area contributed by atoms with E-state index in [1.807, 2.05) is 20.8 Å². The highest BCUT2D eigenvalue weighted by atomic mass is 19.1. The monoisotopic (exact) mass is 182 g/mol. The molecule has 0 saturated carbocycles. The number of halogens is 1. The van der Waals surface area contributed by atoms with Gasteiger partial charge in [-0.1, -0.05) is 19.1 Å². The van der Waals surface area contributed by atoms with Gasteiger partial charge in [0.25, 0.3) is 0 Å². The van der Waals surface area contributed by atoms with Gasteiger partial charge in [-0.2, -0.15) is 0 Å². The number of ether oxygens (including phenoxy) is 1. The Bertz CT molecular complexity index is 281. The van der Waals surface area contributed by atoms with Crippen LogP contribution in [0.4, 0.5) is 4.39 Å². The average Bonchev–Trinajstić information content (AvgIpc) is 2.09. The van der Waals surface area contributed by atoms with Gasteiger partial charge in [0.15, 0.2) is 11.6 Å². The van der Waals surface area contributed by atoms with Crippen molar-refractivity contribution in [3.8, 4) is 5.75 Å². The van der Waals surface area contributed by atoms with Gasteiger partial charge >= 0.3 is 0 Å². The van der Waals surface area contributed by atoms with Crippen molar-refractivity contribution < 1.29 is 9.13 Å². The predicted molar refractivity (Wildman–Crippen MR) is 51.4 cm³/mol. The van der Waals surface area contributed by atoms with E-state index in [2.05, 4.69) is 0 Å². The maximum absolute atomic E-state index is 13.1. The summed E-state index contributed by atoms with van der Waals surface area (Å²) in [5, 5.41) is 0. The molecular weight excluding hydrogens is 167 g/mol. The van der Waals surface area contributed by atoms with Crippen LogP contribution in [0.5, 0.6) is 5.75 Å². The van der Waals surface area contributed by atoms with Crippen LogP contribution in [0.1, 0.15) is 27.2 Å². The molecule has 0 saturated heterocycles. The highest BCUT2D eigenvalue weighted by Crippen LogP contribution is 2.23. The predicted octanol–water partition coefficient (Wildman–Crippen LogP) is 3.39. The van der Waals surface area contributed by atoms with Crippen molar-refractivity contribution >= 4 is 0 Å². The van der Waals surface area contributed by atoms with Gasteiger partial charge in [-0.25, -0.2) is 4.39 Å². The van der Waals surface area contributed by atoms with E-state index in [1.54, 1.807) is 18.2 Å². The number of rotatable bonds is 3. The minimum absolute atomic E-state index is 0.302. The molecule has 0 amide bonds. The van der Waals surface area contributed by atoms with Crippen molar-refractivity contribution in [2.24, 2.45) is 0 Å². The van der Waals surface area contributed by atoms with Gasteiger partial charge in [-0.05, 0) is 32.4 Å². The Kier molecular flexibility index (Phi) is 2.91. The van der Waals surface area contributed by atoms with E-state index < -0.39 is 0 Å². The molecule has 0 atom stereocenters. The van der Waals surface area contributed by atoms with Gasteiger partial charge in [0.05, 0.1) is 0 Å². The average molecular weight is 182 g/mol. The molecule has 0 fully saturated rings. The second kappa shape index (κ2) is 3.77. The van der Waals surface area contributed by atoms with Crippen LogP contribution >= 0.6 is 0 Å². The fourth-order valence-electron chi connectivity index (χ4n) is 0.897. The lowest BCUT2D eigenvalue weighted by atomic mass is 10.1. The number of hydrogen-bond donors (Lipinski definition) is 0. The van der Waals surface area contributed by atoms with E-state index in [-0.39, 0.29) is 11.4 Å². The van der Waals surface area contributed by atoms with E-state index in [0.717, 1.165) is 6.42 Å². The standard InChI is InChI=1S/C11H15FO/c1-4-11(2,3)13-10-8-6-5-7-9(10)12/h5-8H,4H2,1-3H3. The smallest absolute Gasteiger partial charge is 0.165 e. The van der Waals surface area contributed by atoms with Crippen molar-refractivity contribution in [1.82, 2.24) is 0 Å². The van der Waals surface area contributed by atoms with Crippen LogP contribution in [0.2, 0.25) is 0 Å². The number of benzene rings is 1. The molecule has 2 heteroatoms. The largest absolute Gasteiger partial charge is 0.485 e. The third-order valence-corrected chi connectivity index (χ3v) is 2.07. The maximum Gasteiger partial charge on any atom is 0.165 e. The first-order chi connectivity index (χ1) is 6.05. The molecule has 0 heterocycles. The SMILES string of the molecule is CCC(C)(C)Oc1ccccc1F. The molecule has 0 aliphatic rings. The Balaban J connectivity index is 2.80. The molecule has 0 unspecified atom stereocenters. The molecule has 0 spiro atoms. The molecule has 0 aliphatic heterocycles. The first kappa shape index (κ1) is 10.0. The Morgan fingerprint density at radius 1 is 1.31 bits per heavy atom. The molecule has 0 radical (unpaired) electrons. The van der Waals surface area contributed by atoms with E-state index in [1.165, 1.54) is 6.07 Å². The third-order valence-electron chi connectivity index (χ3n) is 2.07. The third kappa shape index (κ3) is 2.72. The van der Waals surface area contributed by atoms with Crippen molar-refractivity contribution in [2.45, 2.75) is 32.8 Å². The number of para-hydroxylation sites is 1. The molecular formula is C11H15FO.